The first kappa shape index (κ1) is 10.8. The molecule has 0 saturated carbocycles. The van der Waals surface area contributed by atoms with Gasteiger partial charge >= 0.3 is 34.2 Å². The number of hydrogen-bond donors (Lipinski definition) is 4. The van der Waals surface area contributed by atoms with Crippen LogP contribution in [0.4, 0.5) is 0 Å². The van der Waals surface area contributed by atoms with Crippen LogP contribution in [0.1, 0.15) is 0 Å². The molecule has 0 aliphatic heterocycles. The Balaban J connectivity index is 0. The third-order valence-corrected chi connectivity index (χ3v) is 0. The van der Waals surface area contributed by atoms with Gasteiger partial charge < -0.3 is 14.7 Å². The van der Waals surface area contributed by atoms with E-state index in [4.69, 9.17) is 22.7 Å². The summed E-state index contributed by atoms with van der Waals surface area (Å²) < 4.78 is 16.0. The van der Waals surface area contributed by atoms with Gasteiger partial charge in [-0.2, -0.15) is 0 Å². The van der Waals surface area contributed by atoms with E-state index in [0.29, 0.717) is 22.9 Å². The van der Waals surface area contributed by atoms with Gasteiger partial charge in [0.1, 0.15) is 0 Å². The van der Waals surface area contributed by atoms with Crippen LogP contribution in [0.2, 0.25) is 0 Å². The molecular weight excluding hydrogens is 230 g/mol. The summed E-state index contributed by atoms with van der Waals surface area (Å²) in [6.45, 7) is 0. The Kier molecular flexibility index (Phi) is 7.72. The van der Waals surface area contributed by atoms with E-state index in [9.17, 15) is 0 Å². The SMILES string of the molecule is O=P(O)(O)O.[OH][Sn]. The van der Waals surface area contributed by atoms with Crippen molar-refractivity contribution in [3.63, 3.8) is 0 Å². The minimum absolute atomic E-state index is 0.550. The molecule has 0 aromatic heterocycles. The molecular formula is H4O5PSn. The Morgan fingerprint density at radius 3 is 1.14 bits per heavy atom. The van der Waals surface area contributed by atoms with Crippen molar-refractivity contribution in [1.29, 1.82) is 0 Å². The van der Waals surface area contributed by atoms with E-state index in [1.165, 1.54) is 0 Å². The van der Waals surface area contributed by atoms with Crippen LogP contribution in [0.25, 0.3) is 0 Å². The first-order valence-electron chi connectivity index (χ1n) is 1.01. The van der Waals surface area contributed by atoms with Gasteiger partial charge in [-0.15, -0.1) is 0 Å². The van der Waals surface area contributed by atoms with Crippen LogP contribution in [0.5, 0.6) is 0 Å². The Morgan fingerprint density at radius 2 is 1.14 bits per heavy atom. The van der Waals surface area contributed by atoms with E-state index in [1.54, 1.807) is 0 Å². The maximum absolute atomic E-state index is 8.88. The molecule has 7 heavy (non-hydrogen) atoms. The number of rotatable bonds is 0. The van der Waals surface area contributed by atoms with Gasteiger partial charge in [-0.1, -0.05) is 0 Å². The fourth-order valence-electron chi connectivity index (χ4n) is 0. The summed E-state index contributed by atoms with van der Waals surface area (Å²) in [6.07, 6.45) is 0. The predicted molar refractivity (Wildman–Crippen MR) is 22.2 cm³/mol. The molecule has 0 aromatic rings. The van der Waals surface area contributed by atoms with Crippen LogP contribution in [0, 0.1) is 0 Å². The van der Waals surface area contributed by atoms with E-state index in [-0.39, 0.29) is 0 Å². The second kappa shape index (κ2) is 5.01. The molecule has 0 aliphatic carbocycles. The van der Waals surface area contributed by atoms with Gasteiger partial charge in [-0.3, -0.25) is 0 Å². The molecule has 0 fully saturated rings. The second-order valence-electron chi connectivity index (χ2n) is 0.513. The third kappa shape index (κ3) is 216. The zero-order chi connectivity index (χ0) is 6.50. The summed E-state index contributed by atoms with van der Waals surface area (Å²) in [7, 11) is -4.64. The van der Waals surface area contributed by atoms with Crippen molar-refractivity contribution in [3.8, 4) is 0 Å². The molecule has 0 rings (SSSR count). The molecule has 0 amide bonds. The summed E-state index contributed by atoms with van der Waals surface area (Å²) in [5.74, 6) is 0. The van der Waals surface area contributed by atoms with Gasteiger partial charge in [0.25, 0.3) is 0 Å². The summed E-state index contributed by atoms with van der Waals surface area (Å²) in [5, 5.41) is 0. The van der Waals surface area contributed by atoms with Gasteiger partial charge in [0.15, 0.2) is 0 Å². The standard InChI is InChI=1S/H3O4P.H2O.Sn/c1-5(2,3)4;;/h(H3,1,2,3,4);1H2;/q;;+1/p-1. The fourth-order valence-corrected chi connectivity index (χ4v) is 0. The molecule has 5 nitrogen and oxygen atoms in total. The molecule has 43 valence electrons. The van der Waals surface area contributed by atoms with Crippen molar-refractivity contribution in [2.24, 2.45) is 0 Å². The third-order valence-electron chi connectivity index (χ3n) is 0. The van der Waals surface area contributed by atoms with Crippen LogP contribution in [0.15, 0.2) is 0 Å². The Bertz CT molecular complexity index is 54.2. The molecule has 0 unspecified atom stereocenters. The van der Waals surface area contributed by atoms with Gasteiger partial charge in [0.05, 0.1) is 0 Å². The zero-order valence-corrected chi connectivity index (χ0v) is 6.89. The minimum atomic E-state index is -4.64. The predicted octanol–water partition coefficient (Wildman–Crippen LogP) is -1.87. The van der Waals surface area contributed by atoms with Gasteiger partial charge in [-0.25, -0.2) is 4.57 Å². The van der Waals surface area contributed by atoms with E-state index in [1.807, 2.05) is 0 Å². The molecule has 0 atom stereocenters. The van der Waals surface area contributed by atoms with Crippen LogP contribution >= 0.6 is 7.82 Å². The average molecular weight is 234 g/mol. The molecule has 7 heteroatoms. The first-order chi connectivity index (χ1) is 3.00. The second-order valence-corrected chi connectivity index (χ2v) is 1.54. The van der Waals surface area contributed by atoms with Crippen LogP contribution in [0.3, 0.4) is 0 Å². The molecule has 0 aliphatic rings. The van der Waals surface area contributed by atoms with E-state index in [0.717, 1.165) is 0 Å². The molecule has 4 N–H and O–H groups in total. The van der Waals surface area contributed by atoms with Gasteiger partial charge in [0, 0.05) is 0 Å². The molecule has 0 spiro atoms. The van der Waals surface area contributed by atoms with Crippen LogP contribution in [-0.2, 0) is 4.57 Å². The summed E-state index contributed by atoms with van der Waals surface area (Å²) >= 11 is 0.550. The van der Waals surface area contributed by atoms with Crippen molar-refractivity contribution in [1.82, 2.24) is 0 Å². The zero-order valence-electron chi connectivity index (χ0n) is 3.14. The van der Waals surface area contributed by atoms with Crippen molar-refractivity contribution in [3.05, 3.63) is 0 Å². The number of hydrogen-bond acceptors (Lipinski definition) is 2. The fraction of sp³-hybridized carbons (Fsp3) is 0. The van der Waals surface area contributed by atoms with E-state index in [2.05, 4.69) is 0 Å². The summed E-state index contributed by atoms with van der Waals surface area (Å²) in [6, 6.07) is 0. The van der Waals surface area contributed by atoms with Crippen molar-refractivity contribution in [2.75, 3.05) is 0 Å². The van der Waals surface area contributed by atoms with Crippen molar-refractivity contribution < 1.29 is 22.7 Å². The van der Waals surface area contributed by atoms with Gasteiger partial charge in [0.2, 0.25) is 0 Å². The molecule has 0 aromatic carbocycles. The summed E-state index contributed by atoms with van der Waals surface area (Å²) in [4.78, 5) is 21.6. The normalized spacial score (nSPS) is 9.29. The average Bonchev–Trinajstić information content (AvgIpc) is 1.36. The molecule has 0 heterocycles. The Hall–Kier alpha value is 0.869. The van der Waals surface area contributed by atoms with Crippen molar-refractivity contribution in [2.45, 2.75) is 0 Å². The van der Waals surface area contributed by atoms with E-state index < -0.39 is 7.82 Å². The topological polar surface area (TPSA) is 98.0 Å². The Morgan fingerprint density at radius 1 is 1.14 bits per heavy atom. The summed E-state index contributed by atoms with van der Waals surface area (Å²) in [5.41, 5.74) is 0. The van der Waals surface area contributed by atoms with Crippen molar-refractivity contribution >= 4 is 30.8 Å². The maximum atomic E-state index is 8.88. The molecule has 0 saturated heterocycles. The molecule has 3 radical (unpaired) electrons. The van der Waals surface area contributed by atoms with Crippen LogP contribution in [-0.4, -0.2) is 41.1 Å². The number of phosphoric acid groups is 1. The van der Waals surface area contributed by atoms with Crippen LogP contribution < -0.4 is 0 Å². The Labute approximate surface area is 53.9 Å². The first-order valence-corrected chi connectivity index (χ1v) is 3.85. The molecule has 0 bridgehead atoms. The van der Waals surface area contributed by atoms with E-state index >= 15 is 0 Å². The van der Waals surface area contributed by atoms with Gasteiger partial charge in [-0.05, 0) is 0 Å². The quantitative estimate of drug-likeness (QED) is 0.290. The monoisotopic (exact) mass is 235 g/mol.